The van der Waals surface area contributed by atoms with Gasteiger partial charge in [-0.25, -0.2) is 4.98 Å². The van der Waals surface area contributed by atoms with Gasteiger partial charge in [0.1, 0.15) is 4.83 Å². The predicted molar refractivity (Wildman–Crippen MR) is 139 cm³/mol. The molecule has 3 heterocycles. The maximum absolute atomic E-state index is 13.9. The third-order valence-corrected chi connectivity index (χ3v) is 9.05. The second kappa shape index (κ2) is 9.64. The lowest BCUT2D eigenvalue weighted by atomic mass is 9.97. The van der Waals surface area contributed by atoms with Crippen molar-refractivity contribution < 1.29 is 9.53 Å². The first kappa shape index (κ1) is 23.9. The van der Waals surface area contributed by atoms with Crippen molar-refractivity contribution in [3.8, 4) is 5.69 Å². The zero-order valence-electron chi connectivity index (χ0n) is 19.6. The number of aromatic nitrogens is 2. The summed E-state index contributed by atoms with van der Waals surface area (Å²) in [6.07, 6.45) is 4.18. The van der Waals surface area contributed by atoms with Crippen LogP contribution in [-0.2, 0) is 22.4 Å². The van der Waals surface area contributed by atoms with Crippen molar-refractivity contribution in [1.82, 2.24) is 14.5 Å². The van der Waals surface area contributed by atoms with Crippen molar-refractivity contribution in [1.29, 1.82) is 0 Å². The van der Waals surface area contributed by atoms with Crippen LogP contribution >= 0.6 is 34.7 Å². The molecule has 6 nitrogen and oxygen atoms in total. The van der Waals surface area contributed by atoms with Crippen LogP contribution < -0.4 is 5.56 Å². The molecule has 5 rings (SSSR count). The summed E-state index contributed by atoms with van der Waals surface area (Å²) in [5.41, 5.74) is 2.62. The molecule has 1 aliphatic heterocycles. The first-order valence-corrected chi connectivity index (χ1v) is 13.9. The van der Waals surface area contributed by atoms with E-state index in [-0.39, 0.29) is 29.4 Å². The van der Waals surface area contributed by atoms with E-state index in [4.69, 9.17) is 21.3 Å². The fourth-order valence-corrected chi connectivity index (χ4v) is 7.31. The Bertz CT molecular complexity index is 1310. The Hall–Kier alpha value is -1.87. The van der Waals surface area contributed by atoms with Gasteiger partial charge in [-0.1, -0.05) is 29.4 Å². The highest BCUT2D eigenvalue weighted by Crippen LogP contribution is 2.36. The molecular formula is C25H28ClN3O3S2. The Balaban J connectivity index is 1.57. The van der Waals surface area contributed by atoms with Crippen LogP contribution in [0.3, 0.4) is 0 Å². The van der Waals surface area contributed by atoms with Crippen LogP contribution in [0.15, 0.2) is 28.2 Å². The van der Waals surface area contributed by atoms with Crippen LogP contribution in [0.2, 0.25) is 5.02 Å². The quantitative estimate of drug-likeness (QED) is 0.359. The van der Waals surface area contributed by atoms with Crippen LogP contribution in [0, 0.1) is 6.92 Å². The number of halogens is 1. The van der Waals surface area contributed by atoms with Gasteiger partial charge in [-0.05, 0) is 69.7 Å². The molecule has 1 saturated heterocycles. The molecule has 1 fully saturated rings. The van der Waals surface area contributed by atoms with E-state index < -0.39 is 0 Å². The van der Waals surface area contributed by atoms with Gasteiger partial charge in [-0.15, -0.1) is 11.3 Å². The van der Waals surface area contributed by atoms with Gasteiger partial charge in [0.05, 0.1) is 29.0 Å². The molecule has 2 atom stereocenters. The number of morpholine rings is 1. The van der Waals surface area contributed by atoms with E-state index in [1.807, 2.05) is 43.9 Å². The maximum atomic E-state index is 13.9. The zero-order chi connectivity index (χ0) is 24.0. The molecule has 0 saturated carbocycles. The summed E-state index contributed by atoms with van der Waals surface area (Å²) in [5, 5.41) is 1.86. The Kier molecular flexibility index (Phi) is 6.77. The minimum Gasteiger partial charge on any atom is -0.372 e. The molecule has 0 bridgehead atoms. The molecule has 0 N–H and O–H groups in total. The number of aryl methyl sites for hydroxylation is 2. The number of hydrogen-bond acceptors (Lipinski definition) is 6. The molecule has 9 heteroatoms. The molecule has 2 unspecified atom stereocenters. The summed E-state index contributed by atoms with van der Waals surface area (Å²) in [4.78, 5) is 35.8. The average Bonchev–Trinajstić information content (AvgIpc) is 3.18. The number of fused-ring (bicyclic) bond motifs is 3. The third-order valence-electron chi connectivity index (χ3n) is 6.54. The van der Waals surface area contributed by atoms with Gasteiger partial charge in [-0.2, -0.15) is 0 Å². The Morgan fingerprint density at radius 3 is 2.74 bits per heavy atom. The second-order valence-corrected chi connectivity index (χ2v) is 11.6. The highest BCUT2D eigenvalue weighted by molar-refractivity contribution is 7.99. The van der Waals surface area contributed by atoms with Crippen LogP contribution in [0.25, 0.3) is 15.9 Å². The maximum Gasteiger partial charge on any atom is 0.267 e. The lowest BCUT2D eigenvalue weighted by Crippen LogP contribution is -2.48. The predicted octanol–water partition coefficient (Wildman–Crippen LogP) is 5.02. The average molecular weight is 518 g/mol. The van der Waals surface area contributed by atoms with E-state index in [1.165, 1.54) is 16.6 Å². The van der Waals surface area contributed by atoms with E-state index in [2.05, 4.69) is 0 Å². The lowest BCUT2D eigenvalue weighted by molar-refractivity contribution is -0.140. The Morgan fingerprint density at radius 2 is 1.97 bits per heavy atom. The van der Waals surface area contributed by atoms with Gasteiger partial charge >= 0.3 is 0 Å². The highest BCUT2D eigenvalue weighted by Gasteiger charge is 2.27. The fourth-order valence-electron chi connectivity index (χ4n) is 4.93. The van der Waals surface area contributed by atoms with Gasteiger partial charge < -0.3 is 9.64 Å². The molecular weight excluding hydrogens is 490 g/mol. The monoisotopic (exact) mass is 517 g/mol. The summed E-state index contributed by atoms with van der Waals surface area (Å²) in [7, 11) is 0. The van der Waals surface area contributed by atoms with E-state index in [9.17, 15) is 9.59 Å². The molecule has 1 amide bonds. The largest absolute Gasteiger partial charge is 0.372 e. The Labute approximate surface area is 212 Å². The van der Waals surface area contributed by atoms with Crippen LogP contribution in [-0.4, -0.2) is 51.4 Å². The fraction of sp³-hybridized carbons (Fsp3) is 0.480. The van der Waals surface area contributed by atoms with Gasteiger partial charge in [0, 0.05) is 23.0 Å². The molecule has 2 aromatic heterocycles. The molecule has 1 aromatic carbocycles. The van der Waals surface area contributed by atoms with E-state index >= 15 is 0 Å². The Morgan fingerprint density at radius 1 is 1.24 bits per heavy atom. The highest BCUT2D eigenvalue weighted by atomic mass is 35.5. The van der Waals surface area contributed by atoms with Crippen molar-refractivity contribution in [3.63, 3.8) is 0 Å². The normalized spacial score (nSPS) is 20.5. The molecule has 0 spiro atoms. The molecule has 1 aliphatic carbocycles. The molecule has 3 aromatic rings. The number of thiophene rings is 1. The zero-order valence-corrected chi connectivity index (χ0v) is 22.0. The van der Waals surface area contributed by atoms with Gasteiger partial charge in [0.15, 0.2) is 5.16 Å². The molecule has 180 valence electrons. The topological polar surface area (TPSA) is 64.4 Å². The van der Waals surface area contributed by atoms with E-state index in [1.54, 1.807) is 15.9 Å². The van der Waals surface area contributed by atoms with E-state index in [0.29, 0.717) is 29.0 Å². The SMILES string of the molecule is Cc1c(Cl)cccc1-n1c(SCC(=O)N2CC(C)OC(C)C2)nc2sc3c(c2c1=O)CCCC3. The number of nitrogens with zero attached hydrogens (tertiary/aromatic N) is 3. The minimum absolute atomic E-state index is 0.0110. The molecule has 2 aliphatic rings. The smallest absolute Gasteiger partial charge is 0.267 e. The number of hydrogen-bond donors (Lipinski definition) is 0. The standard InChI is InChI=1S/C25H28ClN3O3S2/c1-14-11-28(12-15(2)32-14)21(30)13-33-25-27-23-22(17-7-4-5-10-20(17)34-23)24(31)29(25)19-9-6-8-18(26)16(19)3/h6,8-9,14-15H,4-5,7,10-13H2,1-3H3. The molecule has 34 heavy (non-hydrogen) atoms. The summed E-state index contributed by atoms with van der Waals surface area (Å²) in [6.45, 7) is 7.03. The summed E-state index contributed by atoms with van der Waals surface area (Å²) >= 11 is 9.37. The number of thioether (sulfide) groups is 1. The number of rotatable bonds is 4. The van der Waals surface area contributed by atoms with Gasteiger partial charge in [-0.3, -0.25) is 14.2 Å². The first-order valence-electron chi connectivity index (χ1n) is 11.7. The van der Waals surface area contributed by atoms with Crippen molar-refractivity contribution in [2.24, 2.45) is 0 Å². The lowest BCUT2D eigenvalue weighted by Gasteiger charge is -2.35. The van der Waals surface area contributed by atoms with Crippen molar-refractivity contribution in [2.45, 2.75) is 63.8 Å². The molecule has 0 radical (unpaired) electrons. The summed E-state index contributed by atoms with van der Waals surface area (Å²) in [5.74, 6) is 0.239. The number of amides is 1. The van der Waals surface area contributed by atoms with Gasteiger partial charge in [0.2, 0.25) is 5.91 Å². The summed E-state index contributed by atoms with van der Waals surface area (Å²) < 4.78 is 7.43. The van der Waals surface area contributed by atoms with Crippen LogP contribution in [0.5, 0.6) is 0 Å². The summed E-state index contributed by atoms with van der Waals surface area (Å²) in [6, 6.07) is 5.56. The van der Waals surface area contributed by atoms with Crippen LogP contribution in [0.1, 0.15) is 42.7 Å². The van der Waals surface area contributed by atoms with Crippen molar-refractivity contribution >= 4 is 50.8 Å². The third kappa shape index (κ3) is 4.41. The van der Waals surface area contributed by atoms with Crippen molar-refractivity contribution in [3.05, 3.63) is 49.6 Å². The minimum atomic E-state index is -0.0710. The number of ether oxygens (including phenoxy) is 1. The number of carbonyl (C=O) groups excluding carboxylic acids is 1. The number of benzene rings is 1. The second-order valence-electron chi connectivity index (χ2n) is 9.15. The first-order chi connectivity index (χ1) is 16.3. The van der Waals surface area contributed by atoms with Gasteiger partial charge in [0.25, 0.3) is 5.56 Å². The van der Waals surface area contributed by atoms with E-state index in [0.717, 1.165) is 47.0 Å². The van der Waals surface area contributed by atoms with Crippen LogP contribution in [0.4, 0.5) is 0 Å². The number of carbonyl (C=O) groups is 1. The van der Waals surface area contributed by atoms with Crippen molar-refractivity contribution in [2.75, 3.05) is 18.8 Å².